The maximum Gasteiger partial charge on any atom is 0.267 e. The third-order valence-electron chi connectivity index (χ3n) is 2.49. The number of primary amides is 1. The summed E-state index contributed by atoms with van der Waals surface area (Å²) in [6.07, 6.45) is 4.11. The van der Waals surface area contributed by atoms with Crippen molar-refractivity contribution in [2.24, 2.45) is 5.73 Å². The number of fused-ring (bicyclic) bond motifs is 1. The minimum Gasteiger partial charge on any atom is -0.364 e. The zero-order valence-corrected chi connectivity index (χ0v) is 8.25. The zero-order chi connectivity index (χ0) is 9.71. The Bertz CT molecular complexity index is 509. The summed E-state index contributed by atoms with van der Waals surface area (Å²) >= 11 is 1.53. The van der Waals surface area contributed by atoms with Gasteiger partial charge in [0.2, 0.25) is 0 Å². The van der Waals surface area contributed by atoms with E-state index in [1.807, 2.05) is 11.6 Å². The molecule has 0 bridgehead atoms. The fraction of sp³-hybridized carbons (Fsp3) is 0.333. The molecule has 2 heterocycles. The van der Waals surface area contributed by atoms with Gasteiger partial charge in [-0.05, 0) is 12.8 Å². The molecule has 14 heavy (non-hydrogen) atoms. The molecule has 4 nitrogen and oxygen atoms in total. The third kappa shape index (κ3) is 0.988. The van der Waals surface area contributed by atoms with Gasteiger partial charge < -0.3 is 5.73 Å². The van der Waals surface area contributed by atoms with Crippen LogP contribution in [0.3, 0.4) is 0 Å². The molecule has 72 valence electrons. The molecule has 0 aromatic carbocycles. The van der Waals surface area contributed by atoms with E-state index in [1.165, 1.54) is 11.3 Å². The predicted molar refractivity (Wildman–Crippen MR) is 53.6 cm³/mol. The summed E-state index contributed by atoms with van der Waals surface area (Å²) in [5.41, 5.74) is 6.82. The van der Waals surface area contributed by atoms with E-state index in [-0.39, 0.29) is 5.91 Å². The number of thiazole rings is 1. The van der Waals surface area contributed by atoms with Crippen molar-refractivity contribution in [3.63, 3.8) is 0 Å². The summed E-state index contributed by atoms with van der Waals surface area (Å²) in [6.45, 7) is 0. The fourth-order valence-electron chi connectivity index (χ4n) is 1.69. The minimum atomic E-state index is -0.377. The first-order chi connectivity index (χ1) is 6.77. The monoisotopic (exact) mass is 207 g/mol. The van der Waals surface area contributed by atoms with Crippen LogP contribution in [0.1, 0.15) is 34.9 Å². The topological polar surface area (TPSA) is 60.4 Å². The van der Waals surface area contributed by atoms with Crippen LogP contribution in [0.5, 0.6) is 0 Å². The van der Waals surface area contributed by atoms with Gasteiger partial charge in [0.15, 0.2) is 4.96 Å². The van der Waals surface area contributed by atoms with Crippen LogP contribution < -0.4 is 5.73 Å². The highest BCUT2D eigenvalue weighted by atomic mass is 32.1. The van der Waals surface area contributed by atoms with Gasteiger partial charge >= 0.3 is 0 Å². The van der Waals surface area contributed by atoms with Crippen molar-refractivity contribution in [1.29, 1.82) is 0 Å². The van der Waals surface area contributed by atoms with Crippen LogP contribution in [0.15, 0.2) is 11.6 Å². The fourth-order valence-corrected chi connectivity index (χ4v) is 2.41. The smallest absolute Gasteiger partial charge is 0.267 e. The molecule has 1 amide bonds. The Labute approximate surface area is 84.4 Å². The Morgan fingerprint density at radius 2 is 2.43 bits per heavy atom. The summed E-state index contributed by atoms with van der Waals surface area (Å²) in [4.78, 5) is 16.6. The quantitative estimate of drug-likeness (QED) is 0.808. The second-order valence-corrected chi connectivity index (χ2v) is 4.41. The number of carbonyl (C=O) groups excluding carboxylic acids is 1. The number of nitrogens with zero attached hydrogens (tertiary/aromatic N) is 2. The van der Waals surface area contributed by atoms with Gasteiger partial charge in [0, 0.05) is 17.5 Å². The normalized spacial score (nSPS) is 16.3. The maximum absolute atomic E-state index is 11.3. The molecule has 2 N–H and O–H groups in total. The van der Waals surface area contributed by atoms with E-state index in [0.29, 0.717) is 11.6 Å². The largest absolute Gasteiger partial charge is 0.364 e. The number of aromatic nitrogens is 2. The molecule has 0 atom stereocenters. The van der Waals surface area contributed by atoms with Crippen molar-refractivity contribution >= 4 is 22.2 Å². The van der Waals surface area contributed by atoms with E-state index in [0.717, 1.165) is 23.5 Å². The second kappa shape index (κ2) is 2.57. The van der Waals surface area contributed by atoms with Crippen molar-refractivity contribution in [2.75, 3.05) is 0 Å². The van der Waals surface area contributed by atoms with E-state index < -0.39 is 0 Å². The van der Waals surface area contributed by atoms with Crippen molar-refractivity contribution < 1.29 is 4.79 Å². The van der Waals surface area contributed by atoms with Gasteiger partial charge in [-0.15, -0.1) is 11.3 Å². The molecule has 2 aromatic rings. The van der Waals surface area contributed by atoms with Crippen molar-refractivity contribution in [1.82, 2.24) is 9.38 Å². The Kier molecular flexibility index (Phi) is 1.47. The van der Waals surface area contributed by atoms with Crippen LogP contribution in [-0.2, 0) is 0 Å². The van der Waals surface area contributed by atoms with Crippen LogP contribution in [-0.4, -0.2) is 15.3 Å². The number of nitrogens with two attached hydrogens (primary N) is 1. The minimum absolute atomic E-state index is 0.377. The van der Waals surface area contributed by atoms with E-state index in [4.69, 9.17) is 5.73 Å². The number of carbonyl (C=O) groups is 1. The molecule has 0 unspecified atom stereocenters. The maximum atomic E-state index is 11.3. The molecule has 1 saturated carbocycles. The van der Waals surface area contributed by atoms with E-state index >= 15 is 0 Å². The highest BCUT2D eigenvalue weighted by molar-refractivity contribution is 7.15. The number of rotatable bonds is 2. The average molecular weight is 207 g/mol. The van der Waals surface area contributed by atoms with Gasteiger partial charge in [0.1, 0.15) is 5.69 Å². The Morgan fingerprint density at radius 3 is 3.07 bits per heavy atom. The first kappa shape index (κ1) is 7.99. The molecule has 1 aliphatic rings. The molecule has 1 aliphatic carbocycles. The summed E-state index contributed by atoms with van der Waals surface area (Å²) < 4.78 is 1.79. The lowest BCUT2D eigenvalue weighted by Gasteiger charge is -1.96. The standard InChI is InChI=1S/C9H9N3OS/c10-8(13)7-6(5-1-2-5)11-9-12(7)3-4-14-9/h3-5H,1-2H2,(H2,10,13). The molecule has 5 heteroatoms. The summed E-state index contributed by atoms with van der Waals surface area (Å²) in [5, 5.41) is 1.91. The first-order valence-electron chi connectivity index (χ1n) is 4.52. The predicted octanol–water partition coefficient (Wildman–Crippen LogP) is 1.37. The van der Waals surface area contributed by atoms with Crippen LogP contribution >= 0.6 is 11.3 Å². The average Bonchev–Trinajstić information content (AvgIpc) is 2.75. The van der Waals surface area contributed by atoms with Gasteiger partial charge in [-0.1, -0.05) is 0 Å². The number of amides is 1. The Balaban J connectivity index is 2.31. The van der Waals surface area contributed by atoms with Gasteiger partial charge in [-0.3, -0.25) is 9.20 Å². The molecule has 0 saturated heterocycles. The Morgan fingerprint density at radius 1 is 1.64 bits per heavy atom. The SMILES string of the molecule is NC(=O)c1c(C2CC2)nc2sccn12. The summed E-state index contributed by atoms with van der Waals surface area (Å²) in [6, 6.07) is 0. The molecule has 0 spiro atoms. The number of hydrogen-bond donors (Lipinski definition) is 1. The van der Waals surface area contributed by atoms with Crippen LogP contribution in [0.2, 0.25) is 0 Å². The highest BCUT2D eigenvalue weighted by Crippen LogP contribution is 2.41. The van der Waals surface area contributed by atoms with E-state index in [9.17, 15) is 4.79 Å². The molecule has 1 fully saturated rings. The van der Waals surface area contributed by atoms with E-state index in [1.54, 1.807) is 4.40 Å². The van der Waals surface area contributed by atoms with Gasteiger partial charge in [0.05, 0.1) is 5.69 Å². The highest BCUT2D eigenvalue weighted by Gasteiger charge is 2.32. The lowest BCUT2D eigenvalue weighted by atomic mass is 10.2. The summed E-state index contributed by atoms with van der Waals surface area (Å²) in [5.74, 6) is 0.0856. The number of hydrogen-bond acceptors (Lipinski definition) is 3. The summed E-state index contributed by atoms with van der Waals surface area (Å²) in [7, 11) is 0. The Hall–Kier alpha value is -1.36. The van der Waals surface area contributed by atoms with Gasteiger partial charge in [0.25, 0.3) is 5.91 Å². The second-order valence-electron chi connectivity index (χ2n) is 3.54. The van der Waals surface area contributed by atoms with Gasteiger partial charge in [-0.2, -0.15) is 0 Å². The zero-order valence-electron chi connectivity index (χ0n) is 7.43. The molecular weight excluding hydrogens is 198 g/mol. The lowest BCUT2D eigenvalue weighted by Crippen LogP contribution is -2.15. The third-order valence-corrected chi connectivity index (χ3v) is 3.24. The molecule has 0 aliphatic heterocycles. The van der Waals surface area contributed by atoms with Crippen molar-refractivity contribution in [3.8, 4) is 0 Å². The molecule has 3 rings (SSSR count). The number of imidazole rings is 1. The molecular formula is C9H9N3OS. The van der Waals surface area contributed by atoms with E-state index in [2.05, 4.69) is 4.98 Å². The molecule has 2 aromatic heterocycles. The van der Waals surface area contributed by atoms with Crippen molar-refractivity contribution in [2.45, 2.75) is 18.8 Å². The van der Waals surface area contributed by atoms with Crippen LogP contribution in [0.4, 0.5) is 0 Å². The lowest BCUT2D eigenvalue weighted by molar-refractivity contribution is 0.0994. The molecule has 0 radical (unpaired) electrons. The van der Waals surface area contributed by atoms with Gasteiger partial charge in [-0.25, -0.2) is 4.98 Å². The van der Waals surface area contributed by atoms with Crippen LogP contribution in [0.25, 0.3) is 4.96 Å². The first-order valence-corrected chi connectivity index (χ1v) is 5.40. The van der Waals surface area contributed by atoms with Crippen molar-refractivity contribution in [3.05, 3.63) is 23.0 Å². The van der Waals surface area contributed by atoms with Crippen LogP contribution in [0, 0.1) is 0 Å².